The second kappa shape index (κ2) is 10.3. The van der Waals surface area contributed by atoms with Crippen molar-refractivity contribution in [1.82, 2.24) is 10.2 Å². The molecule has 3 amide bonds. The van der Waals surface area contributed by atoms with Crippen LogP contribution in [-0.2, 0) is 14.3 Å². The first-order valence-corrected chi connectivity index (χ1v) is 11.6. The maximum atomic E-state index is 12.8. The van der Waals surface area contributed by atoms with Crippen LogP contribution in [0.1, 0.15) is 85.6 Å². The fraction of sp³-hybridized carbons (Fsp3) is 0.500. The molecule has 3 rings (SSSR count). The largest absolute Gasteiger partial charge is 0.444 e. The number of carbonyl (C=O) groups excluding carboxylic acids is 5. The van der Waals surface area contributed by atoms with Crippen molar-refractivity contribution in [3.63, 3.8) is 0 Å². The van der Waals surface area contributed by atoms with Gasteiger partial charge in [-0.15, -0.1) is 0 Å². The van der Waals surface area contributed by atoms with Crippen LogP contribution < -0.4 is 5.32 Å². The Balaban J connectivity index is 1.69. The van der Waals surface area contributed by atoms with Crippen molar-refractivity contribution in [3.8, 4) is 0 Å². The maximum absolute atomic E-state index is 12.8. The van der Waals surface area contributed by atoms with E-state index in [0.717, 1.165) is 18.4 Å². The van der Waals surface area contributed by atoms with Crippen LogP contribution >= 0.6 is 0 Å². The zero-order valence-corrected chi connectivity index (χ0v) is 20.2. The van der Waals surface area contributed by atoms with E-state index in [0.29, 0.717) is 25.1 Å². The topological polar surface area (TPSA) is 110 Å². The normalized spacial score (nSPS) is 19.8. The standard InChI is InChI=1S/C26H32N2O6/c1-16(29)21-15-19(17-11-13-28(14-12-17)25(33)34-26(2,3)4)5-8-20(21)22(30)9-6-18-7-10-23(31)27-24(18)32/h5-6,8-9,15,17-18H,7,10-14H2,1-4H3,(H,27,31,32)/b9-6+. The number of hydrogen-bond acceptors (Lipinski definition) is 6. The summed E-state index contributed by atoms with van der Waals surface area (Å²) in [5.74, 6) is -1.68. The van der Waals surface area contributed by atoms with Gasteiger partial charge in [0.1, 0.15) is 5.60 Å². The minimum atomic E-state index is -0.545. The minimum Gasteiger partial charge on any atom is -0.444 e. The number of amides is 3. The number of ether oxygens (including phenoxy) is 1. The Hall–Kier alpha value is -3.29. The first-order chi connectivity index (χ1) is 15.9. The van der Waals surface area contributed by atoms with Crippen LogP contribution in [0.2, 0.25) is 0 Å². The Kier molecular flexibility index (Phi) is 7.69. The molecule has 2 heterocycles. The Morgan fingerprint density at radius 1 is 1.06 bits per heavy atom. The third kappa shape index (κ3) is 6.40. The lowest BCUT2D eigenvalue weighted by Crippen LogP contribution is -2.41. The SMILES string of the molecule is CC(=O)c1cc(C2CCN(C(=O)OC(C)(C)C)CC2)ccc1C(=O)/C=C/C1CCC(=O)NC1=O. The van der Waals surface area contributed by atoms with Gasteiger partial charge in [-0.25, -0.2) is 4.79 Å². The Morgan fingerprint density at radius 3 is 2.32 bits per heavy atom. The number of rotatable bonds is 5. The van der Waals surface area contributed by atoms with Gasteiger partial charge in [0, 0.05) is 30.6 Å². The quantitative estimate of drug-likeness (QED) is 0.400. The van der Waals surface area contributed by atoms with E-state index >= 15 is 0 Å². The van der Waals surface area contributed by atoms with Gasteiger partial charge in [-0.05, 0) is 70.6 Å². The molecule has 1 unspecified atom stereocenters. The van der Waals surface area contributed by atoms with Gasteiger partial charge in [0.25, 0.3) is 0 Å². The molecule has 0 radical (unpaired) electrons. The second-order valence-electron chi connectivity index (χ2n) is 9.88. The lowest BCUT2D eigenvalue weighted by Gasteiger charge is -2.33. The number of allylic oxidation sites excluding steroid dienone is 1. The molecule has 0 aliphatic carbocycles. The minimum absolute atomic E-state index is 0.167. The van der Waals surface area contributed by atoms with Crippen molar-refractivity contribution < 1.29 is 28.7 Å². The van der Waals surface area contributed by atoms with Crippen molar-refractivity contribution in [2.45, 2.75) is 64.9 Å². The van der Waals surface area contributed by atoms with Crippen molar-refractivity contribution in [2.24, 2.45) is 5.92 Å². The lowest BCUT2D eigenvalue weighted by molar-refractivity contribution is -0.135. The third-order valence-electron chi connectivity index (χ3n) is 6.07. The van der Waals surface area contributed by atoms with E-state index in [9.17, 15) is 24.0 Å². The first-order valence-electron chi connectivity index (χ1n) is 11.6. The van der Waals surface area contributed by atoms with E-state index in [-0.39, 0.29) is 41.5 Å². The summed E-state index contributed by atoms with van der Waals surface area (Å²) in [7, 11) is 0. The van der Waals surface area contributed by atoms with Gasteiger partial charge >= 0.3 is 6.09 Å². The van der Waals surface area contributed by atoms with Gasteiger partial charge in [-0.2, -0.15) is 0 Å². The third-order valence-corrected chi connectivity index (χ3v) is 6.07. The molecule has 0 spiro atoms. The second-order valence-corrected chi connectivity index (χ2v) is 9.88. The van der Waals surface area contributed by atoms with Crippen LogP contribution in [0.3, 0.4) is 0 Å². The molecule has 182 valence electrons. The summed E-state index contributed by atoms with van der Waals surface area (Å²) in [5, 5.41) is 2.26. The number of nitrogens with zero attached hydrogens (tertiary/aromatic N) is 1. The molecule has 8 heteroatoms. The summed E-state index contributed by atoms with van der Waals surface area (Å²) in [4.78, 5) is 62.3. The number of carbonyl (C=O) groups is 5. The van der Waals surface area contributed by atoms with Gasteiger partial charge in [-0.1, -0.05) is 18.2 Å². The molecule has 1 aromatic rings. The predicted octanol–water partition coefficient (Wildman–Crippen LogP) is 3.80. The van der Waals surface area contributed by atoms with Gasteiger partial charge in [0.2, 0.25) is 11.8 Å². The molecule has 2 fully saturated rings. The van der Waals surface area contributed by atoms with Crippen LogP contribution in [0.4, 0.5) is 4.79 Å². The van der Waals surface area contributed by atoms with E-state index < -0.39 is 17.4 Å². The average molecular weight is 469 g/mol. The highest BCUT2D eigenvalue weighted by Crippen LogP contribution is 2.30. The number of benzene rings is 1. The number of hydrogen-bond donors (Lipinski definition) is 1. The van der Waals surface area contributed by atoms with Gasteiger partial charge in [-0.3, -0.25) is 24.5 Å². The van der Waals surface area contributed by atoms with Crippen molar-refractivity contribution in [2.75, 3.05) is 13.1 Å². The zero-order valence-electron chi connectivity index (χ0n) is 20.2. The molecule has 34 heavy (non-hydrogen) atoms. The molecule has 1 aromatic carbocycles. The fourth-order valence-corrected chi connectivity index (χ4v) is 4.23. The van der Waals surface area contributed by atoms with E-state index in [1.54, 1.807) is 17.0 Å². The predicted molar refractivity (Wildman–Crippen MR) is 126 cm³/mol. The molecular weight excluding hydrogens is 436 g/mol. The highest BCUT2D eigenvalue weighted by molar-refractivity contribution is 6.13. The van der Waals surface area contributed by atoms with Gasteiger partial charge in [0.15, 0.2) is 11.6 Å². The van der Waals surface area contributed by atoms with Crippen molar-refractivity contribution in [1.29, 1.82) is 0 Å². The lowest BCUT2D eigenvalue weighted by atomic mass is 9.86. The number of piperidine rings is 2. The molecule has 8 nitrogen and oxygen atoms in total. The van der Waals surface area contributed by atoms with Crippen LogP contribution in [-0.4, -0.2) is 53.1 Å². The molecule has 1 atom stereocenters. The fourth-order valence-electron chi connectivity index (χ4n) is 4.23. The van der Waals surface area contributed by atoms with E-state index in [1.165, 1.54) is 19.1 Å². The number of nitrogens with one attached hydrogen (secondary N) is 1. The van der Waals surface area contributed by atoms with Crippen molar-refractivity contribution >= 4 is 29.5 Å². The van der Waals surface area contributed by atoms with Crippen LogP contribution in [0.25, 0.3) is 0 Å². The number of likely N-dealkylation sites (tertiary alicyclic amines) is 1. The average Bonchev–Trinajstić information content (AvgIpc) is 2.77. The van der Waals surface area contributed by atoms with Gasteiger partial charge < -0.3 is 9.64 Å². The van der Waals surface area contributed by atoms with Crippen LogP contribution in [0.15, 0.2) is 30.4 Å². The van der Waals surface area contributed by atoms with Gasteiger partial charge in [0.05, 0.1) is 5.92 Å². The molecule has 2 saturated heterocycles. The van der Waals surface area contributed by atoms with Crippen LogP contribution in [0.5, 0.6) is 0 Å². The summed E-state index contributed by atoms with van der Waals surface area (Å²) < 4.78 is 5.45. The number of Topliss-reactive ketones (excluding diaryl/α,β-unsaturated/α-hetero) is 1. The Labute approximate surface area is 199 Å². The molecule has 2 aliphatic heterocycles. The monoisotopic (exact) mass is 468 g/mol. The highest BCUT2D eigenvalue weighted by Gasteiger charge is 2.28. The number of ketones is 2. The molecular formula is C26H32N2O6. The Morgan fingerprint density at radius 2 is 1.74 bits per heavy atom. The van der Waals surface area contributed by atoms with Crippen molar-refractivity contribution in [3.05, 3.63) is 47.0 Å². The molecule has 1 N–H and O–H groups in total. The summed E-state index contributed by atoms with van der Waals surface area (Å²) >= 11 is 0. The Bertz CT molecular complexity index is 1030. The number of imide groups is 1. The smallest absolute Gasteiger partial charge is 0.410 e. The molecule has 2 aliphatic rings. The zero-order chi connectivity index (χ0) is 25.0. The summed E-state index contributed by atoms with van der Waals surface area (Å²) in [6.45, 7) is 8.05. The van der Waals surface area contributed by atoms with E-state index in [1.807, 2.05) is 26.8 Å². The molecule has 0 aromatic heterocycles. The van der Waals surface area contributed by atoms with E-state index in [4.69, 9.17) is 4.74 Å². The maximum Gasteiger partial charge on any atom is 0.410 e. The highest BCUT2D eigenvalue weighted by atomic mass is 16.6. The van der Waals surface area contributed by atoms with E-state index in [2.05, 4.69) is 5.32 Å². The summed E-state index contributed by atoms with van der Waals surface area (Å²) in [6.07, 6.45) is 4.54. The first kappa shape index (κ1) is 25.3. The molecule has 0 saturated carbocycles. The summed E-state index contributed by atoms with van der Waals surface area (Å²) in [5.41, 5.74) is 1.04. The summed E-state index contributed by atoms with van der Waals surface area (Å²) in [6, 6.07) is 5.28. The molecule has 0 bridgehead atoms. The van der Waals surface area contributed by atoms with Crippen LogP contribution in [0, 0.1) is 5.92 Å².